The minimum atomic E-state index is 0.229. The first kappa shape index (κ1) is 7.70. The van der Waals surface area contributed by atoms with Crippen LogP contribution in [0, 0.1) is 0 Å². The van der Waals surface area contributed by atoms with Crippen molar-refractivity contribution in [2.75, 3.05) is 0 Å². The molecule has 1 heterocycles. The molecule has 0 amide bonds. The van der Waals surface area contributed by atoms with Crippen LogP contribution in [-0.2, 0) is 0 Å². The SMILES string of the molecule is NC1=NC(=S)SNC(=S)N1. The van der Waals surface area contributed by atoms with Gasteiger partial charge in [-0.15, -0.1) is 0 Å². The quantitative estimate of drug-likeness (QED) is 0.362. The monoisotopic (exact) mass is 192 g/mol. The van der Waals surface area contributed by atoms with Crippen molar-refractivity contribution in [2.24, 2.45) is 10.7 Å². The lowest BCUT2D eigenvalue weighted by Gasteiger charge is -2.00. The molecule has 1 aliphatic heterocycles. The summed E-state index contributed by atoms with van der Waals surface area (Å²) in [6, 6.07) is 0. The number of rotatable bonds is 0. The molecule has 7 heteroatoms. The molecule has 0 aromatic rings. The number of hydrogen-bond acceptors (Lipinski definition) is 4. The first-order valence-corrected chi connectivity index (χ1v) is 3.94. The average molecular weight is 192 g/mol. The first-order chi connectivity index (χ1) is 4.68. The Labute approximate surface area is 72.8 Å². The molecular weight excluding hydrogens is 188 g/mol. The summed E-state index contributed by atoms with van der Waals surface area (Å²) in [4.78, 5) is 3.75. The molecule has 0 atom stereocenters. The van der Waals surface area contributed by atoms with Gasteiger partial charge in [0.05, 0.1) is 0 Å². The maximum atomic E-state index is 5.33. The van der Waals surface area contributed by atoms with Gasteiger partial charge in [-0.2, -0.15) is 4.99 Å². The largest absolute Gasteiger partial charge is 0.369 e. The van der Waals surface area contributed by atoms with Crippen LogP contribution in [0.4, 0.5) is 0 Å². The zero-order chi connectivity index (χ0) is 7.56. The molecule has 0 aromatic carbocycles. The van der Waals surface area contributed by atoms with Gasteiger partial charge in [0.1, 0.15) is 0 Å². The van der Waals surface area contributed by atoms with Crippen LogP contribution in [-0.4, -0.2) is 15.4 Å². The molecule has 1 aliphatic rings. The van der Waals surface area contributed by atoms with E-state index in [-0.39, 0.29) is 5.96 Å². The summed E-state index contributed by atoms with van der Waals surface area (Å²) in [7, 11) is 0. The Morgan fingerprint density at radius 3 is 2.90 bits per heavy atom. The molecule has 0 radical (unpaired) electrons. The van der Waals surface area contributed by atoms with E-state index in [1.54, 1.807) is 0 Å². The van der Waals surface area contributed by atoms with Gasteiger partial charge in [0, 0.05) is 11.9 Å². The van der Waals surface area contributed by atoms with Crippen LogP contribution in [0.5, 0.6) is 0 Å². The second-order valence-corrected chi connectivity index (χ2v) is 3.27. The summed E-state index contributed by atoms with van der Waals surface area (Å²) in [5.74, 6) is 0.229. The lowest BCUT2D eigenvalue weighted by molar-refractivity contribution is 1.28. The molecule has 54 valence electrons. The van der Waals surface area contributed by atoms with E-state index in [1.807, 2.05) is 0 Å². The molecular formula is C3H4N4S3. The average Bonchev–Trinajstić information content (AvgIpc) is 1.93. The maximum Gasteiger partial charge on any atom is 0.201 e. The lowest BCUT2D eigenvalue weighted by Crippen LogP contribution is -2.39. The van der Waals surface area contributed by atoms with Crippen LogP contribution in [0.1, 0.15) is 0 Å². The van der Waals surface area contributed by atoms with E-state index in [9.17, 15) is 0 Å². The molecule has 0 fully saturated rings. The highest BCUT2D eigenvalue weighted by molar-refractivity contribution is 8.22. The van der Waals surface area contributed by atoms with Gasteiger partial charge in [0.2, 0.25) is 5.96 Å². The molecule has 0 aromatic heterocycles. The Balaban J connectivity index is 2.73. The minimum absolute atomic E-state index is 0.229. The fourth-order valence-corrected chi connectivity index (χ4v) is 1.21. The maximum absolute atomic E-state index is 5.33. The van der Waals surface area contributed by atoms with Crippen LogP contribution < -0.4 is 15.8 Å². The summed E-state index contributed by atoms with van der Waals surface area (Å²) in [6.45, 7) is 0. The fraction of sp³-hybridized carbons (Fsp3) is 0. The number of guanidine groups is 1. The molecule has 0 spiro atoms. The predicted octanol–water partition coefficient (Wildman–Crippen LogP) is -0.288. The number of nitrogens with one attached hydrogen (secondary N) is 2. The Morgan fingerprint density at radius 2 is 2.20 bits per heavy atom. The summed E-state index contributed by atoms with van der Waals surface area (Å²) < 4.78 is 3.15. The van der Waals surface area contributed by atoms with Gasteiger partial charge in [0.15, 0.2) is 9.43 Å². The van der Waals surface area contributed by atoms with Gasteiger partial charge in [-0.25, -0.2) is 0 Å². The molecule has 4 N–H and O–H groups in total. The van der Waals surface area contributed by atoms with Crippen LogP contribution in [0.3, 0.4) is 0 Å². The van der Waals surface area contributed by atoms with Crippen molar-refractivity contribution in [1.82, 2.24) is 10.0 Å². The van der Waals surface area contributed by atoms with Crippen molar-refractivity contribution in [3.63, 3.8) is 0 Å². The molecule has 1 rings (SSSR count). The van der Waals surface area contributed by atoms with E-state index in [0.29, 0.717) is 9.43 Å². The van der Waals surface area contributed by atoms with E-state index in [2.05, 4.69) is 15.0 Å². The fourth-order valence-electron chi connectivity index (χ4n) is 0.381. The smallest absolute Gasteiger partial charge is 0.201 e. The van der Waals surface area contributed by atoms with Crippen molar-refractivity contribution < 1.29 is 0 Å². The van der Waals surface area contributed by atoms with Crippen molar-refractivity contribution in [3.8, 4) is 0 Å². The summed E-state index contributed by atoms with van der Waals surface area (Å²) >= 11 is 10.7. The van der Waals surface area contributed by atoms with Crippen molar-refractivity contribution in [2.45, 2.75) is 0 Å². The second-order valence-electron chi connectivity index (χ2n) is 1.42. The highest BCUT2D eigenvalue weighted by atomic mass is 32.2. The molecule has 0 bridgehead atoms. The highest BCUT2D eigenvalue weighted by Gasteiger charge is 2.06. The third kappa shape index (κ3) is 2.09. The van der Waals surface area contributed by atoms with Gasteiger partial charge >= 0.3 is 0 Å². The van der Waals surface area contributed by atoms with Crippen molar-refractivity contribution >= 4 is 51.8 Å². The topological polar surface area (TPSA) is 62.4 Å². The number of aliphatic imine (C=N–C) groups is 1. The number of hydrogen-bond donors (Lipinski definition) is 3. The summed E-state index contributed by atoms with van der Waals surface area (Å²) in [5, 5.41) is 3.03. The standard InChI is InChI=1S/C3H4N4S3/c4-1-5-2(8)7-10-3(9)6-1/h(H4,4,5,6,7,8,9). The van der Waals surface area contributed by atoms with Crippen LogP contribution in [0.2, 0.25) is 0 Å². The van der Waals surface area contributed by atoms with Crippen molar-refractivity contribution in [1.29, 1.82) is 0 Å². The Kier molecular flexibility index (Phi) is 2.41. The molecule has 0 saturated carbocycles. The Morgan fingerprint density at radius 1 is 1.50 bits per heavy atom. The van der Waals surface area contributed by atoms with Crippen LogP contribution >= 0.6 is 36.4 Å². The second kappa shape index (κ2) is 3.13. The van der Waals surface area contributed by atoms with E-state index in [1.165, 1.54) is 0 Å². The summed E-state index contributed by atoms with van der Waals surface area (Å²) in [5.41, 5.74) is 5.33. The van der Waals surface area contributed by atoms with Crippen LogP contribution in [0.25, 0.3) is 0 Å². The van der Waals surface area contributed by atoms with Gasteiger partial charge in [0.25, 0.3) is 0 Å². The first-order valence-electron chi connectivity index (χ1n) is 2.30. The number of nitrogens with zero attached hydrogens (tertiary/aromatic N) is 1. The third-order valence-electron chi connectivity index (χ3n) is 0.684. The van der Waals surface area contributed by atoms with Gasteiger partial charge < -0.3 is 15.8 Å². The van der Waals surface area contributed by atoms with Crippen LogP contribution in [0.15, 0.2) is 4.99 Å². The van der Waals surface area contributed by atoms with Gasteiger partial charge in [-0.1, -0.05) is 0 Å². The number of nitrogens with two attached hydrogens (primary N) is 1. The predicted molar refractivity (Wildman–Crippen MR) is 50.7 cm³/mol. The highest BCUT2D eigenvalue weighted by Crippen LogP contribution is 2.01. The van der Waals surface area contributed by atoms with Gasteiger partial charge in [-0.05, 0) is 24.4 Å². The van der Waals surface area contributed by atoms with Gasteiger partial charge in [-0.3, -0.25) is 0 Å². The molecule has 4 nitrogen and oxygen atoms in total. The Bertz CT molecular complexity index is 210. The van der Waals surface area contributed by atoms with E-state index in [4.69, 9.17) is 30.2 Å². The number of thiocarbonyl (C=S) groups is 2. The zero-order valence-corrected chi connectivity index (χ0v) is 7.20. The lowest BCUT2D eigenvalue weighted by atomic mass is 10.9. The van der Waals surface area contributed by atoms with E-state index in [0.717, 1.165) is 11.9 Å². The third-order valence-corrected chi connectivity index (χ3v) is 1.93. The van der Waals surface area contributed by atoms with E-state index < -0.39 is 0 Å². The molecule has 0 unspecified atom stereocenters. The molecule has 0 aliphatic carbocycles. The van der Waals surface area contributed by atoms with Crippen molar-refractivity contribution in [3.05, 3.63) is 0 Å². The normalized spacial score (nSPS) is 18.6. The summed E-state index contributed by atoms with van der Waals surface area (Å²) in [6.07, 6.45) is 0. The zero-order valence-electron chi connectivity index (χ0n) is 4.75. The molecule has 0 saturated heterocycles. The van der Waals surface area contributed by atoms with E-state index >= 15 is 0 Å². The molecule has 10 heavy (non-hydrogen) atoms. The Hall–Kier alpha value is -0.400. The minimum Gasteiger partial charge on any atom is -0.369 e.